The van der Waals surface area contributed by atoms with Crippen LogP contribution in [0.25, 0.3) is 0 Å². The topological polar surface area (TPSA) is 93.5 Å². The molecular formula is C6H12IN3O3. The molecule has 0 heterocycles. The first-order valence-corrected chi connectivity index (χ1v) is 4.80. The summed E-state index contributed by atoms with van der Waals surface area (Å²) in [6.45, 7) is 2.25. The number of rotatable bonds is 5. The van der Waals surface area contributed by atoms with Crippen molar-refractivity contribution in [2.45, 2.75) is 0 Å². The van der Waals surface area contributed by atoms with Gasteiger partial charge in [0.05, 0.1) is 22.6 Å². The fourth-order valence-electron chi connectivity index (χ4n) is 0.589. The van der Waals surface area contributed by atoms with Crippen LogP contribution in [0, 0.1) is 0 Å². The average molecular weight is 301 g/mol. The molecule has 0 fully saturated rings. The Balaban J connectivity index is 3.22. The summed E-state index contributed by atoms with van der Waals surface area (Å²) in [6, 6.07) is 0. The van der Waals surface area contributed by atoms with E-state index in [0.29, 0.717) is 26.2 Å². The van der Waals surface area contributed by atoms with Crippen molar-refractivity contribution in [1.29, 1.82) is 0 Å². The molecule has 1 amide bonds. The predicted molar refractivity (Wildman–Crippen MR) is 55.8 cm³/mol. The normalized spacial score (nSPS) is 9.38. The van der Waals surface area contributed by atoms with E-state index in [4.69, 9.17) is 5.73 Å². The predicted octanol–water partition coefficient (Wildman–Crippen LogP) is -0.184. The molecule has 0 rings (SSSR count). The van der Waals surface area contributed by atoms with E-state index in [1.54, 1.807) is 0 Å². The van der Waals surface area contributed by atoms with Crippen molar-refractivity contribution in [3.8, 4) is 0 Å². The molecule has 0 bridgehead atoms. The Labute approximate surface area is 89.7 Å². The van der Waals surface area contributed by atoms with Gasteiger partial charge >= 0.3 is 10.1 Å². The third-order valence-electron chi connectivity index (χ3n) is 1.07. The van der Waals surface area contributed by atoms with Gasteiger partial charge in [-0.1, -0.05) is 0 Å². The molecule has 0 atom stereocenters. The standard InChI is InChI=1S/C6H12IN3O3/c7-5(11)13-6(12)10-4-3-9-2-1-8/h9H,1-4,8H2,(H,10,12). The number of nitrogens with two attached hydrogens (primary N) is 1. The second-order valence-corrected chi connectivity index (χ2v) is 2.97. The summed E-state index contributed by atoms with van der Waals surface area (Å²) in [4.78, 5) is 20.9. The summed E-state index contributed by atoms with van der Waals surface area (Å²) in [5.41, 5.74) is 5.22. The second-order valence-electron chi connectivity index (χ2n) is 2.09. The van der Waals surface area contributed by atoms with Gasteiger partial charge in [-0.05, 0) is 0 Å². The van der Waals surface area contributed by atoms with Gasteiger partial charge in [0.2, 0.25) is 0 Å². The molecular weight excluding hydrogens is 289 g/mol. The zero-order valence-corrected chi connectivity index (χ0v) is 9.17. The maximum absolute atomic E-state index is 10.7. The molecule has 13 heavy (non-hydrogen) atoms. The van der Waals surface area contributed by atoms with Gasteiger partial charge in [0.15, 0.2) is 0 Å². The number of ether oxygens (including phenoxy) is 1. The van der Waals surface area contributed by atoms with Crippen molar-refractivity contribution in [1.82, 2.24) is 10.6 Å². The highest BCUT2D eigenvalue weighted by Crippen LogP contribution is 1.90. The van der Waals surface area contributed by atoms with Gasteiger partial charge in [-0.2, -0.15) is 0 Å². The van der Waals surface area contributed by atoms with E-state index in [1.807, 2.05) is 0 Å². The van der Waals surface area contributed by atoms with Crippen molar-refractivity contribution in [2.75, 3.05) is 26.2 Å². The Bertz CT molecular complexity index is 177. The molecule has 0 spiro atoms. The van der Waals surface area contributed by atoms with Crippen molar-refractivity contribution >= 4 is 32.7 Å². The zero-order valence-electron chi connectivity index (χ0n) is 7.01. The van der Waals surface area contributed by atoms with Gasteiger partial charge in [0, 0.05) is 26.2 Å². The van der Waals surface area contributed by atoms with Crippen molar-refractivity contribution in [3.63, 3.8) is 0 Å². The van der Waals surface area contributed by atoms with Gasteiger partial charge in [0.25, 0.3) is 0 Å². The van der Waals surface area contributed by atoms with Crippen LogP contribution < -0.4 is 16.4 Å². The number of amides is 1. The number of hydrogen-bond acceptors (Lipinski definition) is 5. The van der Waals surface area contributed by atoms with Crippen LogP contribution in [0.1, 0.15) is 0 Å². The molecule has 6 nitrogen and oxygen atoms in total. The van der Waals surface area contributed by atoms with Gasteiger partial charge in [0.1, 0.15) is 0 Å². The maximum atomic E-state index is 10.7. The van der Waals surface area contributed by atoms with Crippen LogP contribution in [-0.4, -0.2) is 36.2 Å². The van der Waals surface area contributed by atoms with Crippen LogP contribution in [0.3, 0.4) is 0 Å². The van der Waals surface area contributed by atoms with Crippen LogP contribution >= 0.6 is 22.6 Å². The molecule has 0 aromatic heterocycles. The lowest BCUT2D eigenvalue weighted by atomic mass is 10.5. The van der Waals surface area contributed by atoms with E-state index < -0.39 is 10.1 Å². The number of hydrogen-bond donors (Lipinski definition) is 3. The monoisotopic (exact) mass is 301 g/mol. The quantitative estimate of drug-likeness (QED) is 0.283. The minimum absolute atomic E-state index is 0.406. The smallest absolute Gasteiger partial charge is 0.368 e. The highest BCUT2D eigenvalue weighted by molar-refractivity contribution is 14.1. The molecule has 0 aromatic rings. The lowest BCUT2D eigenvalue weighted by molar-refractivity contribution is 0.169. The molecule has 0 saturated heterocycles. The maximum Gasteiger partial charge on any atom is 0.415 e. The molecule has 0 aliphatic carbocycles. The molecule has 0 aliphatic rings. The number of nitrogens with one attached hydrogen (secondary N) is 2. The van der Waals surface area contributed by atoms with Gasteiger partial charge in [-0.3, -0.25) is 0 Å². The Morgan fingerprint density at radius 1 is 1.31 bits per heavy atom. The van der Waals surface area contributed by atoms with Crippen LogP contribution in [0.15, 0.2) is 0 Å². The number of carbonyl (C=O) groups is 2. The minimum atomic E-state index is -0.728. The van der Waals surface area contributed by atoms with Crippen molar-refractivity contribution in [3.05, 3.63) is 0 Å². The summed E-state index contributed by atoms with van der Waals surface area (Å²) < 4.78 is 3.55. The number of carbonyl (C=O) groups excluding carboxylic acids is 2. The SMILES string of the molecule is NCCNCCNC(=O)OC(=O)I. The molecule has 0 saturated carbocycles. The van der Waals surface area contributed by atoms with Crippen molar-refractivity contribution < 1.29 is 14.3 Å². The van der Waals surface area contributed by atoms with E-state index >= 15 is 0 Å². The zero-order chi connectivity index (χ0) is 10.1. The number of halogens is 1. The molecule has 7 heteroatoms. The Kier molecular flexibility index (Phi) is 7.94. The second kappa shape index (κ2) is 8.20. The molecule has 0 aromatic carbocycles. The summed E-state index contributed by atoms with van der Waals surface area (Å²) >= 11 is 1.38. The minimum Gasteiger partial charge on any atom is -0.368 e. The van der Waals surface area contributed by atoms with E-state index in [0.717, 1.165) is 0 Å². The van der Waals surface area contributed by atoms with Gasteiger partial charge in [-0.15, -0.1) is 0 Å². The molecule has 0 aliphatic heterocycles. The lowest BCUT2D eigenvalue weighted by Gasteiger charge is -2.04. The van der Waals surface area contributed by atoms with Gasteiger partial charge < -0.3 is 21.1 Å². The summed E-state index contributed by atoms with van der Waals surface area (Å²) in [6.07, 6.45) is -0.728. The lowest BCUT2D eigenvalue weighted by Crippen LogP contribution is -2.34. The summed E-state index contributed by atoms with van der Waals surface area (Å²) in [5, 5.41) is 5.34. The number of alkyl carbamates (subject to hydrolysis) is 1. The van der Waals surface area contributed by atoms with Crippen molar-refractivity contribution in [2.24, 2.45) is 5.73 Å². The molecule has 76 valence electrons. The van der Waals surface area contributed by atoms with Gasteiger partial charge in [-0.25, -0.2) is 9.59 Å². The average Bonchev–Trinajstić information content (AvgIpc) is 2.02. The fraction of sp³-hybridized carbons (Fsp3) is 0.667. The van der Waals surface area contributed by atoms with Crippen LogP contribution in [0.5, 0.6) is 0 Å². The Morgan fingerprint density at radius 2 is 2.00 bits per heavy atom. The molecule has 0 unspecified atom stereocenters. The highest BCUT2D eigenvalue weighted by atomic mass is 127. The van der Waals surface area contributed by atoms with Crippen LogP contribution in [-0.2, 0) is 4.74 Å². The Morgan fingerprint density at radius 3 is 2.54 bits per heavy atom. The summed E-state index contributed by atoms with van der Waals surface area (Å²) in [7, 11) is 0. The van der Waals surface area contributed by atoms with Crippen LogP contribution in [0.4, 0.5) is 9.59 Å². The summed E-state index contributed by atoms with van der Waals surface area (Å²) in [5.74, 6) is 0. The van der Waals surface area contributed by atoms with Crippen LogP contribution in [0.2, 0.25) is 0 Å². The first kappa shape index (κ1) is 12.6. The van der Waals surface area contributed by atoms with E-state index in [1.165, 1.54) is 22.6 Å². The molecule has 0 radical (unpaired) electrons. The van der Waals surface area contributed by atoms with E-state index in [9.17, 15) is 9.59 Å². The van der Waals surface area contributed by atoms with E-state index in [-0.39, 0.29) is 0 Å². The third kappa shape index (κ3) is 9.50. The molecule has 4 N–H and O–H groups in total. The first-order chi connectivity index (χ1) is 6.16. The highest BCUT2D eigenvalue weighted by Gasteiger charge is 2.04. The fourth-order valence-corrected chi connectivity index (χ4v) is 0.789. The Hall–Kier alpha value is -0.410. The third-order valence-corrected chi connectivity index (χ3v) is 1.29. The van der Waals surface area contributed by atoms with E-state index in [2.05, 4.69) is 15.4 Å². The first-order valence-electron chi connectivity index (χ1n) is 3.72. The largest absolute Gasteiger partial charge is 0.415 e.